The number of ether oxygens (including phenoxy) is 4. The van der Waals surface area contributed by atoms with Crippen LogP contribution in [0.25, 0.3) is 0 Å². The molecule has 208 valence electrons. The zero-order valence-corrected chi connectivity index (χ0v) is 23.1. The fourth-order valence-corrected chi connectivity index (χ4v) is 4.41. The van der Waals surface area contributed by atoms with Gasteiger partial charge in [-0.05, 0) is 35.9 Å². The van der Waals surface area contributed by atoms with E-state index in [9.17, 15) is 14.9 Å². The van der Waals surface area contributed by atoms with E-state index in [1.807, 2.05) is 36.4 Å². The molecule has 1 N–H and O–H groups in total. The molecule has 0 saturated carbocycles. The van der Waals surface area contributed by atoms with E-state index >= 15 is 0 Å². The first-order chi connectivity index (χ1) is 18.7. The predicted molar refractivity (Wildman–Crippen MR) is 150 cm³/mol. The van der Waals surface area contributed by atoms with Gasteiger partial charge < -0.3 is 24.3 Å². The normalized spacial score (nSPS) is 12.2. The van der Waals surface area contributed by atoms with Gasteiger partial charge in [-0.2, -0.15) is 0 Å². The number of hydrogen-bond donors (Lipinski definition) is 1. The van der Waals surface area contributed by atoms with E-state index in [0.29, 0.717) is 46.0 Å². The van der Waals surface area contributed by atoms with Crippen molar-refractivity contribution in [3.63, 3.8) is 0 Å². The van der Waals surface area contributed by atoms with Crippen molar-refractivity contribution in [1.29, 1.82) is 0 Å². The van der Waals surface area contributed by atoms with Gasteiger partial charge in [-0.3, -0.25) is 19.4 Å². The lowest BCUT2D eigenvalue weighted by Crippen LogP contribution is -2.48. The quantitative estimate of drug-likeness (QED) is 0.138. The first-order valence-electron chi connectivity index (χ1n) is 12.6. The molecule has 0 spiro atoms. The molecule has 0 aliphatic carbocycles. The first-order valence-corrected chi connectivity index (χ1v) is 12.6. The first kappa shape index (κ1) is 29.2. The molecule has 1 unspecified atom stereocenters. The maximum Gasteiger partial charge on any atom is 0.269 e. The van der Waals surface area contributed by atoms with Gasteiger partial charge in [0.05, 0.1) is 53.5 Å². The number of amides is 1. The van der Waals surface area contributed by atoms with E-state index in [1.165, 1.54) is 24.3 Å². The van der Waals surface area contributed by atoms with Crippen molar-refractivity contribution in [3.05, 3.63) is 81.9 Å². The number of nitro groups is 1. The number of non-ortho nitro benzene ring substituents is 1. The molecular formula is C29H36N3O7+. The van der Waals surface area contributed by atoms with Gasteiger partial charge in [-0.15, -0.1) is 0 Å². The molecule has 3 rings (SSSR count). The van der Waals surface area contributed by atoms with Crippen LogP contribution in [0.3, 0.4) is 0 Å². The average Bonchev–Trinajstić information content (AvgIpc) is 2.97. The number of benzene rings is 3. The lowest BCUT2D eigenvalue weighted by molar-refractivity contribution is -0.384. The average molecular weight is 539 g/mol. The molecule has 0 aliphatic rings. The number of nitrogens with one attached hydrogen (secondary N) is 1. The Balaban J connectivity index is 1.73. The van der Waals surface area contributed by atoms with Gasteiger partial charge in [-0.1, -0.05) is 6.07 Å². The molecule has 3 aromatic rings. The number of nitrogens with zero attached hydrogens (tertiary/aromatic N) is 2. The van der Waals surface area contributed by atoms with Gasteiger partial charge in [0.25, 0.3) is 11.6 Å². The predicted octanol–water partition coefficient (Wildman–Crippen LogP) is 4.63. The number of carbonyl (C=O) groups is 1. The van der Waals surface area contributed by atoms with Gasteiger partial charge in [-0.25, -0.2) is 0 Å². The largest absolute Gasteiger partial charge is 0.493 e. The van der Waals surface area contributed by atoms with Gasteiger partial charge in [0.2, 0.25) is 0 Å². The van der Waals surface area contributed by atoms with Crippen LogP contribution in [0, 0.1) is 10.1 Å². The molecule has 10 heteroatoms. The van der Waals surface area contributed by atoms with Crippen molar-refractivity contribution in [2.75, 3.05) is 55.1 Å². The summed E-state index contributed by atoms with van der Waals surface area (Å²) in [4.78, 5) is 22.9. The summed E-state index contributed by atoms with van der Waals surface area (Å²) in [5.74, 6) is 2.40. The second kappa shape index (κ2) is 13.5. The highest BCUT2D eigenvalue weighted by molar-refractivity contribution is 5.94. The smallest absolute Gasteiger partial charge is 0.269 e. The Kier molecular flexibility index (Phi) is 10.1. The summed E-state index contributed by atoms with van der Waals surface area (Å²) in [5, 5.41) is 13.8. The minimum atomic E-state index is -0.489. The van der Waals surface area contributed by atoms with Crippen molar-refractivity contribution < 1.29 is 28.7 Å². The summed E-state index contributed by atoms with van der Waals surface area (Å²) in [6, 6.07) is 17.4. The van der Waals surface area contributed by atoms with Gasteiger partial charge >= 0.3 is 0 Å². The molecule has 1 amide bonds. The second-order valence-electron chi connectivity index (χ2n) is 9.24. The summed E-state index contributed by atoms with van der Waals surface area (Å²) < 4.78 is 22.4. The van der Waals surface area contributed by atoms with Crippen LogP contribution >= 0.6 is 0 Å². The zero-order chi connectivity index (χ0) is 28.4. The molecule has 0 radical (unpaired) electrons. The third-order valence-electron chi connectivity index (χ3n) is 6.79. The molecule has 0 heterocycles. The fourth-order valence-electron chi connectivity index (χ4n) is 4.41. The lowest BCUT2D eigenvalue weighted by Gasteiger charge is -2.35. The van der Waals surface area contributed by atoms with Gasteiger partial charge in [0.15, 0.2) is 23.0 Å². The van der Waals surface area contributed by atoms with Crippen LogP contribution in [0.1, 0.15) is 22.3 Å². The third kappa shape index (κ3) is 7.38. The lowest BCUT2D eigenvalue weighted by atomic mass is 10.1. The number of quaternary nitrogens is 1. The van der Waals surface area contributed by atoms with E-state index in [4.69, 9.17) is 18.9 Å². The molecule has 3 aromatic carbocycles. The Morgan fingerprint density at radius 1 is 0.821 bits per heavy atom. The molecule has 0 bridgehead atoms. The van der Waals surface area contributed by atoms with Crippen molar-refractivity contribution >= 4 is 17.3 Å². The van der Waals surface area contributed by atoms with E-state index in [0.717, 1.165) is 30.8 Å². The van der Waals surface area contributed by atoms with Crippen LogP contribution in [0.15, 0.2) is 60.7 Å². The maximum atomic E-state index is 12.6. The molecular weight excluding hydrogens is 502 g/mol. The molecule has 39 heavy (non-hydrogen) atoms. The van der Waals surface area contributed by atoms with Crippen molar-refractivity contribution in [1.82, 2.24) is 9.80 Å². The van der Waals surface area contributed by atoms with E-state index < -0.39 is 4.92 Å². The van der Waals surface area contributed by atoms with E-state index in [-0.39, 0.29) is 11.6 Å². The third-order valence-corrected chi connectivity index (χ3v) is 6.79. The molecule has 0 fully saturated rings. The number of likely N-dealkylation sites (N-methyl/N-ethyl adjacent to an activating group) is 1. The molecule has 0 aromatic heterocycles. The zero-order valence-electron chi connectivity index (χ0n) is 23.1. The van der Waals surface area contributed by atoms with Gasteiger partial charge in [0.1, 0.15) is 5.69 Å². The summed E-state index contributed by atoms with van der Waals surface area (Å²) in [5.41, 5.74) is 2.49. The van der Waals surface area contributed by atoms with Crippen LogP contribution in [0.5, 0.6) is 23.0 Å². The Labute approximate surface area is 228 Å². The van der Waals surface area contributed by atoms with Crippen molar-refractivity contribution in [3.8, 4) is 23.0 Å². The number of hydrogen-bond acceptors (Lipinski definition) is 7. The molecule has 10 nitrogen and oxygen atoms in total. The van der Waals surface area contributed by atoms with Crippen LogP contribution in [0.2, 0.25) is 0 Å². The number of rotatable bonds is 14. The van der Waals surface area contributed by atoms with Gasteiger partial charge in [0, 0.05) is 49.2 Å². The Morgan fingerprint density at radius 2 is 1.41 bits per heavy atom. The monoisotopic (exact) mass is 538 g/mol. The topological polar surface area (TPSA) is 109 Å². The molecule has 0 aliphatic heterocycles. The fraction of sp³-hybridized carbons (Fsp3) is 0.345. The van der Waals surface area contributed by atoms with E-state index in [2.05, 4.69) is 12.4 Å². The SMILES string of the molecule is COc1ccc(CC[N+](C)(CCCNC(=O)c2ccc([N+](=O)[O-])cc2)c2ccc(OC)c(OC)c2)cc1OC. The van der Waals surface area contributed by atoms with Crippen LogP contribution in [-0.2, 0) is 6.42 Å². The summed E-state index contributed by atoms with van der Waals surface area (Å²) >= 11 is 0. The van der Waals surface area contributed by atoms with Crippen molar-refractivity contribution in [2.24, 2.45) is 0 Å². The highest BCUT2D eigenvalue weighted by Gasteiger charge is 2.26. The van der Waals surface area contributed by atoms with Crippen LogP contribution in [0.4, 0.5) is 11.4 Å². The maximum absolute atomic E-state index is 12.6. The minimum Gasteiger partial charge on any atom is -0.493 e. The summed E-state index contributed by atoms with van der Waals surface area (Å²) in [6.07, 6.45) is 1.48. The summed E-state index contributed by atoms with van der Waals surface area (Å²) in [7, 11) is 8.61. The van der Waals surface area contributed by atoms with Crippen molar-refractivity contribution in [2.45, 2.75) is 12.8 Å². The minimum absolute atomic E-state index is 0.0518. The van der Waals surface area contributed by atoms with E-state index in [1.54, 1.807) is 28.4 Å². The standard InChI is InChI=1S/C29H35N3O7/c1-32(24-12-14-26(37-3)28(20-24)39-5,18-15-21-7-13-25(36-2)27(19-21)38-4)17-6-16-30-29(33)22-8-10-23(11-9-22)31(34)35/h7-14,19-20H,6,15-18H2,1-5H3/p+1. The molecule has 1 atom stereocenters. The number of nitro benzene ring substituents is 1. The molecule has 0 saturated heterocycles. The Hall–Kier alpha value is -4.31. The Morgan fingerprint density at radius 3 is 2.00 bits per heavy atom. The number of methoxy groups -OCH3 is 4. The number of carbonyl (C=O) groups excluding carboxylic acids is 1. The second-order valence-corrected chi connectivity index (χ2v) is 9.24. The highest BCUT2D eigenvalue weighted by Crippen LogP contribution is 2.34. The highest BCUT2D eigenvalue weighted by atomic mass is 16.6. The van der Waals surface area contributed by atoms with Crippen LogP contribution < -0.4 is 28.7 Å². The Bertz CT molecular complexity index is 1280. The van der Waals surface area contributed by atoms with Crippen LogP contribution in [-0.4, -0.2) is 66.0 Å². The summed E-state index contributed by atoms with van der Waals surface area (Å²) in [6.45, 7) is 1.97.